The van der Waals surface area contributed by atoms with Crippen LogP contribution in [-0.2, 0) is 17.8 Å². The summed E-state index contributed by atoms with van der Waals surface area (Å²) in [6.45, 7) is 1.51. The fourth-order valence-corrected chi connectivity index (χ4v) is 3.43. The minimum atomic E-state index is -0.419. The number of hydrogen-bond donors (Lipinski definition) is 2. The largest absolute Gasteiger partial charge is 0.337 e. The number of imide groups is 1. The zero-order valence-corrected chi connectivity index (χ0v) is 14.9. The summed E-state index contributed by atoms with van der Waals surface area (Å²) in [4.78, 5) is 27.4. The Bertz CT molecular complexity index is 684. The van der Waals surface area contributed by atoms with Gasteiger partial charge in [0.1, 0.15) is 0 Å². The van der Waals surface area contributed by atoms with Crippen molar-refractivity contribution >= 4 is 23.3 Å². The van der Waals surface area contributed by atoms with Crippen LogP contribution >= 0.6 is 11.3 Å². The second-order valence-electron chi connectivity index (χ2n) is 6.26. The molecule has 0 atom stereocenters. The lowest BCUT2D eigenvalue weighted by atomic mass is 10.2. The van der Waals surface area contributed by atoms with Crippen LogP contribution in [0.4, 0.5) is 4.79 Å². The van der Waals surface area contributed by atoms with Crippen LogP contribution in [0, 0.1) is 0 Å². The number of benzene rings is 1. The molecule has 1 aromatic heterocycles. The van der Waals surface area contributed by atoms with Crippen molar-refractivity contribution in [2.45, 2.75) is 31.8 Å². The Kier molecular flexibility index (Phi) is 6.19. The molecule has 1 saturated carbocycles. The first-order valence-electron chi connectivity index (χ1n) is 8.59. The Morgan fingerprint density at radius 3 is 2.60 bits per heavy atom. The summed E-state index contributed by atoms with van der Waals surface area (Å²) in [5, 5.41) is 7.18. The molecule has 1 fully saturated rings. The van der Waals surface area contributed by atoms with E-state index in [-0.39, 0.29) is 12.5 Å². The van der Waals surface area contributed by atoms with Crippen molar-refractivity contribution in [3.63, 3.8) is 0 Å². The number of thiophene rings is 1. The van der Waals surface area contributed by atoms with E-state index in [0.717, 1.165) is 25.8 Å². The monoisotopic (exact) mass is 357 g/mol. The highest BCUT2D eigenvalue weighted by Crippen LogP contribution is 2.27. The molecule has 0 unspecified atom stereocenters. The Labute approximate surface area is 152 Å². The van der Waals surface area contributed by atoms with Crippen LogP contribution in [0.1, 0.15) is 23.3 Å². The summed E-state index contributed by atoms with van der Waals surface area (Å²) in [6.07, 6.45) is 3.02. The highest BCUT2D eigenvalue weighted by molar-refractivity contribution is 7.09. The number of rotatable bonds is 8. The number of amides is 3. The molecule has 0 bridgehead atoms. The van der Waals surface area contributed by atoms with Crippen LogP contribution in [0.25, 0.3) is 0 Å². The van der Waals surface area contributed by atoms with Crippen LogP contribution in [0.3, 0.4) is 0 Å². The molecule has 3 rings (SSSR count). The minimum Gasteiger partial charge on any atom is -0.337 e. The van der Waals surface area contributed by atoms with Gasteiger partial charge in [0.15, 0.2) is 0 Å². The van der Waals surface area contributed by atoms with E-state index in [1.165, 1.54) is 10.4 Å². The molecule has 1 aliphatic rings. The topological polar surface area (TPSA) is 61.4 Å². The molecular formula is C19H23N3O2S. The zero-order chi connectivity index (χ0) is 17.5. The average molecular weight is 357 g/mol. The number of carbonyl (C=O) groups excluding carboxylic acids is 2. The van der Waals surface area contributed by atoms with Crippen LogP contribution < -0.4 is 10.6 Å². The molecule has 132 valence electrons. The van der Waals surface area contributed by atoms with Gasteiger partial charge >= 0.3 is 6.03 Å². The van der Waals surface area contributed by atoms with Gasteiger partial charge in [0.25, 0.3) is 0 Å². The Balaban J connectivity index is 1.41. The van der Waals surface area contributed by atoms with E-state index in [2.05, 4.69) is 27.7 Å². The number of hydrogen-bond acceptors (Lipinski definition) is 4. The fourth-order valence-electron chi connectivity index (χ4n) is 2.72. The molecule has 0 spiro atoms. The molecule has 25 heavy (non-hydrogen) atoms. The maximum Gasteiger partial charge on any atom is 0.321 e. The van der Waals surface area contributed by atoms with E-state index in [1.54, 1.807) is 11.3 Å². The molecule has 1 aliphatic carbocycles. The number of urea groups is 1. The van der Waals surface area contributed by atoms with Crippen molar-refractivity contribution < 1.29 is 9.59 Å². The molecule has 0 aliphatic heterocycles. The third-order valence-electron chi connectivity index (χ3n) is 4.13. The van der Waals surface area contributed by atoms with Crippen molar-refractivity contribution in [3.8, 4) is 0 Å². The molecule has 0 saturated heterocycles. The lowest BCUT2D eigenvalue weighted by molar-refractivity contribution is -0.121. The van der Waals surface area contributed by atoms with E-state index >= 15 is 0 Å². The van der Waals surface area contributed by atoms with E-state index in [0.29, 0.717) is 12.6 Å². The van der Waals surface area contributed by atoms with Gasteiger partial charge in [-0.05, 0) is 36.3 Å². The number of nitrogens with one attached hydrogen (secondary N) is 2. The van der Waals surface area contributed by atoms with Crippen LogP contribution in [0.2, 0.25) is 0 Å². The van der Waals surface area contributed by atoms with Gasteiger partial charge in [0, 0.05) is 24.0 Å². The number of carbonyl (C=O) groups is 2. The SMILES string of the molecule is O=C(CN(Cc1ccccc1)C1CC1)NC(=O)NCCc1cccs1. The van der Waals surface area contributed by atoms with Crippen molar-refractivity contribution in [2.75, 3.05) is 13.1 Å². The first-order chi connectivity index (χ1) is 12.2. The molecule has 1 heterocycles. The molecule has 2 N–H and O–H groups in total. The Morgan fingerprint density at radius 1 is 1.12 bits per heavy atom. The van der Waals surface area contributed by atoms with Gasteiger partial charge in [-0.25, -0.2) is 4.79 Å². The van der Waals surface area contributed by atoms with E-state index in [1.807, 2.05) is 35.7 Å². The first-order valence-corrected chi connectivity index (χ1v) is 9.47. The van der Waals surface area contributed by atoms with Gasteiger partial charge < -0.3 is 5.32 Å². The van der Waals surface area contributed by atoms with Crippen molar-refractivity contribution in [1.29, 1.82) is 0 Å². The highest BCUT2D eigenvalue weighted by atomic mass is 32.1. The highest BCUT2D eigenvalue weighted by Gasteiger charge is 2.30. The van der Waals surface area contributed by atoms with Crippen molar-refractivity contribution in [2.24, 2.45) is 0 Å². The molecule has 5 nitrogen and oxygen atoms in total. The molecule has 3 amide bonds. The third kappa shape index (κ3) is 5.99. The maximum atomic E-state index is 12.2. The van der Waals surface area contributed by atoms with E-state index < -0.39 is 6.03 Å². The lowest BCUT2D eigenvalue weighted by Gasteiger charge is -2.21. The smallest absolute Gasteiger partial charge is 0.321 e. The predicted octanol–water partition coefficient (Wildman–Crippen LogP) is 2.78. The first kappa shape index (κ1) is 17.6. The molecule has 2 aromatic rings. The molecular weight excluding hydrogens is 334 g/mol. The average Bonchev–Trinajstić information content (AvgIpc) is 3.32. The van der Waals surface area contributed by atoms with Gasteiger partial charge in [0.05, 0.1) is 6.54 Å². The Hall–Kier alpha value is -2.18. The second kappa shape index (κ2) is 8.78. The Morgan fingerprint density at radius 2 is 1.92 bits per heavy atom. The predicted molar refractivity (Wildman–Crippen MR) is 99.4 cm³/mol. The van der Waals surface area contributed by atoms with E-state index in [4.69, 9.17) is 0 Å². The quantitative estimate of drug-likeness (QED) is 0.764. The summed E-state index contributed by atoms with van der Waals surface area (Å²) in [5.41, 5.74) is 1.18. The van der Waals surface area contributed by atoms with Gasteiger partial charge in [-0.15, -0.1) is 11.3 Å². The van der Waals surface area contributed by atoms with E-state index in [9.17, 15) is 9.59 Å². The van der Waals surface area contributed by atoms with Crippen molar-refractivity contribution in [1.82, 2.24) is 15.5 Å². The lowest BCUT2D eigenvalue weighted by Crippen LogP contribution is -2.45. The van der Waals surface area contributed by atoms with Gasteiger partial charge in [0.2, 0.25) is 5.91 Å². The number of nitrogens with zero attached hydrogens (tertiary/aromatic N) is 1. The van der Waals surface area contributed by atoms with Gasteiger partial charge in [-0.3, -0.25) is 15.0 Å². The summed E-state index contributed by atoms with van der Waals surface area (Å²) in [7, 11) is 0. The van der Waals surface area contributed by atoms with Crippen LogP contribution in [-0.4, -0.2) is 36.0 Å². The molecule has 0 radical (unpaired) electrons. The van der Waals surface area contributed by atoms with Crippen LogP contribution in [0.5, 0.6) is 0 Å². The standard InChI is InChI=1S/C19H23N3O2S/c23-18(21-19(24)20-11-10-17-7-4-12-25-17)14-22(16-8-9-16)13-15-5-2-1-3-6-15/h1-7,12,16H,8-11,13-14H2,(H2,20,21,23,24). The third-order valence-corrected chi connectivity index (χ3v) is 5.06. The minimum absolute atomic E-state index is 0.248. The van der Waals surface area contributed by atoms with Crippen molar-refractivity contribution in [3.05, 3.63) is 58.3 Å². The summed E-state index contributed by atoms with van der Waals surface area (Å²) in [6, 6.07) is 14.2. The molecule has 1 aromatic carbocycles. The second-order valence-corrected chi connectivity index (χ2v) is 7.29. The van der Waals surface area contributed by atoms with Gasteiger partial charge in [-0.2, -0.15) is 0 Å². The maximum absolute atomic E-state index is 12.2. The summed E-state index contributed by atoms with van der Waals surface area (Å²) >= 11 is 1.66. The summed E-state index contributed by atoms with van der Waals surface area (Å²) < 4.78 is 0. The van der Waals surface area contributed by atoms with Crippen LogP contribution in [0.15, 0.2) is 47.8 Å². The normalized spacial score (nSPS) is 13.6. The van der Waals surface area contributed by atoms with Gasteiger partial charge in [-0.1, -0.05) is 36.4 Å². The zero-order valence-electron chi connectivity index (χ0n) is 14.1. The fraction of sp³-hybridized carbons (Fsp3) is 0.368. The summed E-state index contributed by atoms with van der Waals surface area (Å²) in [5.74, 6) is -0.253. The molecule has 6 heteroatoms.